The van der Waals surface area contributed by atoms with Gasteiger partial charge in [0.15, 0.2) is 0 Å². The Bertz CT molecular complexity index is 197. The van der Waals surface area contributed by atoms with Crippen molar-refractivity contribution in [1.82, 2.24) is 5.32 Å². The van der Waals surface area contributed by atoms with Crippen molar-refractivity contribution in [2.75, 3.05) is 0 Å². The van der Waals surface area contributed by atoms with Crippen LogP contribution in [-0.4, -0.2) is 0 Å². The maximum atomic E-state index is 3.73. The molecule has 1 N–H and O–H groups in total. The van der Waals surface area contributed by atoms with Gasteiger partial charge in [0.05, 0.1) is 0 Å². The lowest BCUT2D eigenvalue weighted by Crippen LogP contribution is -2.06. The minimum absolute atomic E-state index is 0.917. The molecule has 0 rings (SSSR count). The lowest BCUT2D eigenvalue weighted by molar-refractivity contribution is 1.01. The fourth-order valence-electron chi connectivity index (χ4n) is 0.607. The van der Waals surface area contributed by atoms with Crippen LogP contribution < -0.4 is 5.32 Å². The molecule has 11 heavy (non-hydrogen) atoms. The van der Waals surface area contributed by atoms with Crippen molar-refractivity contribution in [2.24, 2.45) is 0 Å². The van der Waals surface area contributed by atoms with E-state index in [2.05, 4.69) is 18.5 Å². The van der Waals surface area contributed by atoms with E-state index < -0.39 is 0 Å². The molecule has 0 unspecified atom stereocenters. The Balaban J connectivity index is 4.15. The lowest BCUT2D eigenvalue weighted by atomic mass is 10.3. The second-order valence-corrected chi connectivity index (χ2v) is 2.26. The maximum absolute atomic E-state index is 3.73. The van der Waals surface area contributed by atoms with Gasteiger partial charge in [-0.2, -0.15) is 0 Å². The number of allylic oxidation sites excluding steroid dienone is 5. The van der Waals surface area contributed by atoms with E-state index >= 15 is 0 Å². The van der Waals surface area contributed by atoms with Crippen LogP contribution in [0, 0.1) is 0 Å². The Labute approximate surface area is 68.8 Å². The van der Waals surface area contributed by atoms with Gasteiger partial charge in [0.2, 0.25) is 0 Å². The van der Waals surface area contributed by atoms with Gasteiger partial charge in [0.1, 0.15) is 0 Å². The van der Waals surface area contributed by atoms with Crippen LogP contribution in [0.25, 0.3) is 0 Å². The minimum Gasteiger partial charge on any atom is -0.360 e. The third-order valence-electron chi connectivity index (χ3n) is 1.05. The summed E-state index contributed by atoms with van der Waals surface area (Å²) >= 11 is 0. The molecule has 0 saturated heterocycles. The molecule has 0 aromatic rings. The summed E-state index contributed by atoms with van der Waals surface area (Å²) in [7, 11) is 0. The molecular weight excluding hydrogens is 134 g/mol. The third kappa shape index (κ3) is 5.22. The third-order valence-corrected chi connectivity index (χ3v) is 1.05. The fourth-order valence-corrected chi connectivity index (χ4v) is 0.607. The molecule has 0 bridgehead atoms. The van der Waals surface area contributed by atoms with Crippen molar-refractivity contribution >= 4 is 0 Å². The zero-order valence-electron chi connectivity index (χ0n) is 7.22. The van der Waals surface area contributed by atoms with Crippen LogP contribution in [0.2, 0.25) is 0 Å². The van der Waals surface area contributed by atoms with Crippen LogP contribution in [-0.2, 0) is 0 Å². The molecule has 60 valence electrons. The predicted octanol–water partition coefficient (Wildman–Crippen LogP) is 2.76. The summed E-state index contributed by atoms with van der Waals surface area (Å²) in [4.78, 5) is 0. The number of hydrogen-bond acceptors (Lipinski definition) is 1. The maximum Gasteiger partial charge on any atom is 0.0375 e. The van der Waals surface area contributed by atoms with Gasteiger partial charge in [0, 0.05) is 11.4 Å². The van der Waals surface area contributed by atoms with Crippen molar-refractivity contribution in [1.29, 1.82) is 0 Å². The lowest BCUT2D eigenvalue weighted by Gasteiger charge is -2.03. The van der Waals surface area contributed by atoms with Crippen molar-refractivity contribution in [3.05, 3.63) is 48.9 Å². The minimum atomic E-state index is 0.917. The number of rotatable bonds is 4. The Kier molecular flexibility index (Phi) is 4.91. The molecule has 0 aliphatic heterocycles. The molecule has 1 heteroatoms. The molecule has 0 heterocycles. The van der Waals surface area contributed by atoms with Gasteiger partial charge >= 0.3 is 0 Å². The van der Waals surface area contributed by atoms with E-state index in [9.17, 15) is 0 Å². The second kappa shape index (κ2) is 5.54. The van der Waals surface area contributed by atoms with Crippen LogP contribution in [0.1, 0.15) is 13.8 Å². The summed E-state index contributed by atoms with van der Waals surface area (Å²) in [6, 6.07) is 0. The summed E-state index contributed by atoms with van der Waals surface area (Å²) in [5.74, 6) is 0. The molecule has 0 amide bonds. The van der Waals surface area contributed by atoms with Crippen LogP contribution >= 0.6 is 0 Å². The predicted molar refractivity (Wildman–Crippen MR) is 51.0 cm³/mol. The van der Waals surface area contributed by atoms with Gasteiger partial charge in [-0.25, -0.2) is 0 Å². The van der Waals surface area contributed by atoms with Crippen molar-refractivity contribution < 1.29 is 0 Å². The van der Waals surface area contributed by atoms with Crippen LogP contribution in [0.5, 0.6) is 0 Å². The quantitative estimate of drug-likeness (QED) is 0.606. The topological polar surface area (TPSA) is 12.0 Å². The van der Waals surface area contributed by atoms with Crippen LogP contribution in [0.3, 0.4) is 0 Å². The smallest absolute Gasteiger partial charge is 0.0375 e. The first-order valence-electron chi connectivity index (χ1n) is 3.58. The summed E-state index contributed by atoms with van der Waals surface area (Å²) < 4.78 is 0. The van der Waals surface area contributed by atoms with Gasteiger partial charge in [-0.15, -0.1) is 0 Å². The van der Waals surface area contributed by atoms with Crippen LogP contribution in [0.15, 0.2) is 48.9 Å². The van der Waals surface area contributed by atoms with E-state index in [0.717, 1.165) is 11.4 Å². The van der Waals surface area contributed by atoms with Crippen LogP contribution in [0.4, 0.5) is 0 Å². The summed E-state index contributed by atoms with van der Waals surface area (Å²) in [6.07, 6.45) is 7.62. The number of hydrogen-bond donors (Lipinski definition) is 1. The fraction of sp³-hybridized carbons (Fsp3) is 0.200. The van der Waals surface area contributed by atoms with Gasteiger partial charge in [-0.05, 0) is 26.0 Å². The molecule has 0 spiro atoms. The normalized spacial score (nSPS) is 11.6. The van der Waals surface area contributed by atoms with Crippen molar-refractivity contribution in [3.8, 4) is 0 Å². The zero-order valence-corrected chi connectivity index (χ0v) is 7.22. The summed E-state index contributed by atoms with van der Waals surface area (Å²) in [6.45, 7) is 11.3. The van der Waals surface area contributed by atoms with Gasteiger partial charge in [-0.3, -0.25) is 0 Å². The SMILES string of the molecule is C=C/C(=C\C=C/C)NC(=C)C. The van der Waals surface area contributed by atoms with E-state index in [1.54, 1.807) is 6.08 Å². The first kappa shape index (κ1) is 9.76. The average molecular weight is 149 g/mol. The Morgan fingerprint density at radius 3 is 2.45 bits per heavy atom. The highest BCUT2D eigenvalue weighted by Gasteiger charge is 1.85. The standard InChI is InChI=1S/C10H15N/c1-5-7-8-10(6-2)11-9(3)4/h5-8,11H,2-3H2,1,4H3/b7-5-,10-8+. The van der Waals surface area contributed by atoms with E-state index in [4.69, 9.17) is 0 Å². The molecular formula is C10H15N. The molecule has 0 aromatic heterocycles. The Hall–Kier alpha value is -1.24. The molecule has 0 aliphatic carbocycles. The Morgan fingerprint density at radius 1 is 1.45 bits per heavy atom. The van der Waals surface area contributed by atoms with Gasteiger partial charge in [-0.1, -0.05) is 25.3 Å². The molecule has 0 aliphatic rings. The first-order chi connectivity index (χ1) is 5.20. The highest BCUT2D eigenvalue weighted by Crippen LogP contribution is 1.94. The zero-order chi connectivity index (χ0) is 8.69. The Morgan fingerprint density at radius 2 is 2.09 bits per heavy atom. The molecule has 1 nitrogen and oxygen atoms in total. The van der Waals surface area contributed by atoms with E-state index in [1.807, 2.05) is 32.1 Å². The second-order valence-electron chi connectivity index (χ2n) is 2.26. The monoisotopic (exact) mass is 149 g/mol. The first-order valence-corrected chi connectivity index (χ1v) is 3.58. The summed E-state index contributed by atoms with van der Waals surface area (Å²) in [5.41, 5.74) is 1.89. The molecule has 0 fully saturated rings. The molecule has 0 aromatic carbocycles. The largest absolute Gasteiger partial charge is 0.360 e. The van der Waals surface area contributed by atoms with Gasteiger partial charge < -0.3 is 5.32 Å². The number of nitrogens with one attached hydrogen (secondary N) is 1. The van der Waals surface area contributed by atoms with Crippen molar-refractivity contribution in [3.63, 3.8) is 0 Å². The highest BCUT2D eigenvalue weighted by molar-refractivity contribution is 5.23. The highest BCUT2D eigenvalue weighted by atomic mass is 14.9. The van der Waals surface area contributed by atoms with E-state index in [0.29, 0.717) is 0 Å². The van der Waals surface area contributed by atoms with E-state index in [1.165, 1.54) is 0 Å². The molecule has 0 atom stereocenters. The van der Waals surface area contributed by atoms with E-state index in [-0.39, 0.29) is 0 Å². The van der Waals surface area contributed by atoms with Gasteiger partial charge in [0.25, 0.3) is 0 Å². The molecule has 0 saturated carbocycles. The molecule has 0 radical (unpaired) electrons. The average Bonchev–Trinajstić information content (AvgIpc) is 1.97. The summed E-state index contributed by atoms with van der Waals surface area (Å²) in [5, 5.41) is 3.06. The van der Waals surface area contributed by atoms with Crippen molar-refractivity contribution in [2.45, 2.75) is 13.8 Å².